The Bertz CT molecular complexity index is 1560. The second kappa shape index (κ2) is 12.2. The number of hydrogen-bond acceptors (Lipinski definition) is 4. The topological polar surface area (TPSA) is 53.0 Å². The molecule has 4 aromatic rings. The second-order valence-corrected chi connectivity index (χ2v) is 10.4. The molecule has 1 atom stereocenters. The third-order valence-corrected chi connectivity index (χ3v) is 7.88. The molecule has 0 spiro atoms. The fourth-order valence-electron chi connectivity index (χ4n) is 4.22. The molecule has 3 nitrogen and oxygen atoms in total. The monoisotopic (exact) mass is 557 g/mol. The van der Waals surface area contributed by atoms with E-state index < -0.39 is 11.8 Å². The molecule has 3 aromatic carbocycles. The zero-order chi connectivity index (χ0) is 25.2. The van der Waals surface area contributed by atoms with Gasteiger partial charge in [0.15, 0.2) is 0 Å². The van der Waals surface area contributed by atoms with Crippen molar-refractivity contribution in [3.05, 3.63) is 110 Å². The van der Waals surface area contributed by atoms with Gasteiger partial charge < -0.3 is 9.90 Å². The maximum atomic E-state index is 13.7. The first kappa shape index (κ1) is 27.9. The second-order valence-electron chi connectivity index (χ2n) is 8.37. The number of carboxylic acid groups (broad SMARTS) is 1. The van der Waals surface area contributed by atoms with Crippen molar-refractivity contribution in [3.63, 3.8) is 0 Å². The van der Waals surface area contributed by atoms with Gasteiger partial charge in [0.25, 0.3) is 0 Å². The van der Waals surface area contributed by atoms with Crippen LogP contribution in [0.2, 0.25) is 10.0 Å². The number of fused-ring (bicyclic) bond motifs is 3. The molecule has 0 aliphatic heterocycles. The molecule has 0 N–H and O–H groups in total. The number of pyridine rings is 1. The van der Waals surface area contributed by atoms with Gasteiger partial charge in [-0.2, -0.15) is 0 Å². The maximum Gasteiger partial charge on any atom is 1.00 e. The average molecular weight is 558 g/mol. The van der Waals surface area contributed by atoms with E-state index in [0.717, 1.165) is 33.5 Å². The third kappa shape index (κ3) is 6.31. The van der Waals surface area contributed by atoms with Crippen molar-refractivity contribution in [2.45, 2.75) is 11.7 Å². The molecule has 0 radical (unpaired) electrons. The zero-order valence-electron chi connectivity index (χ0n) is 19.9. The number of halogens is 3. The molecule has 8 heteroatoms. The summed E-state index contributed by atoms with van der Waals surface area (Å²) in [4.78, 5) is 15.6. The van der Waals surface area contributed by atoms with Crippen molar-refractivity contribution in [1.29, 1.82) is 0 Å². The summed E-state index contributed by atoms with van der Waals surface area (Å²) in [5, 5.41) is 12.3. The van der Waals surface area contributed by atoms with E-state index >= 15 is 0 Å². The summed E-state index contributed by atoms with van der Waals surface area (Å²) in [6, 6.07) is 18.5. The molecule has 1 unspecified atom stereocenters. The summed E-state index contributed by atoms with van der Waals surface area (Å²) >= 11 is 14.0. The van der Waals surface area contributed by atoms with Gasteiger partial charge in [0.05, 0.1) is 21.5 Å². The van der Waals surface area contributed by atoms with Crippen LogP contribution in [0.15, 0.2) is 60.7 Å². The Balaban J connectivity index is 0.00000320. The van der Waals surface area contributed by atoms with E-state index in [1.165, 1.54) is 12.1 Å². The summed E-state index contributed by atoms with van der Waals surface area (Å²) in [6.45, 7) is 0. The molecule has 1 heterocycles. The molecule has 0 fully saturated rings. The number of aromatic nitrogens is 1. The van der Waals surface area contributed by atoms with E-state index in [2.05, 4.69) is 11.1 Å². The Morgan fingerprint density at radius 2 is 1.84 bits per heavy atom. The Labute approximate surface area is 250 Å². The molecule has 1 aliphatic rings. The molecule has 1 aliphatic carbocycles. The van der Waals surface area contributed by atoms with Crippen molar-refractivity contribution in [1.82, 2.24) is 4.98 Å². The number of carbonyl (C=O) groups is 1. The minimum Gasteiger partial charge on any atom is -0.550 e. The SMILES string of the molecule is O=C([O-])CCSC1c2cc(/C=C/c3ccc4cc(F)c(Cl)cc4n3)ccc2C=Cc2c(Cl)cccc21.[Na+]. The normalized spacial score (nSPS) is 14.2. The molecule has 0 amide bonds. The molecule has 5 rings (SSSR count). The van der Waals surface area contributed by atoms with Crippen molar-refractivity contribution in [3.8, 4) is 0 Å². The van der Waals surface area contributed by atoms with Crippen molar-refractivity contribution in [2.24, 2.45) is 0 Å². The third-order valence-electron chi connectivity index (χ3n) is 5.98. The van der Waals surface area contributed by atoms with Gasteiger partial charge >= 0.3 is 29.6 Å². The number of benzene rings is 3. The standard InChI is InChI=1S/C29H20Cl2FNO2S.Na/c30-24-3-1-2-22-21(24)11-8-18-6-4-17(14-23(18)29(22)36-13-12-28(34)35)5-9-20-10-7-19-15-26(32)25(31)16-27(19)33-20;/h1-11,14-16,29H,12-13H2,(H,34,35);/q;+1/p-1/b9-5+;. The molecule has 0 saturated heterocycles. The van der Waals surface area contributed by atoms with E-state index in [1.54, 1.807) is 11.8 Å². The largest absolute Gasteiger partial charge is 1.00 e. The number of rotatable bonds is 6. The summed E-state index contributed by atoms with van der Waals surface area (Å²) in [6.07, 6.45) is 7.89. The number of carbonyl (C=O) groups excluding carboxylic acids is 1. The Morgan fingerprint density at radius 1 is 1.00 bits per heavy atom. The Kier molecular flexibility index (Phi) is 9.17. The van der Waals surface area contributed by atoms with E-state index in [0.29, 0.717) is 21.7 Å². The minimum absolute atomic E-state index is 0. The van der Waals surface area contributed by atoms with E-state index in [-0.39, 0.29) is 46.3 Å². The molecule has 0 saturated carbocycles. The van der Waals surface area contributed by atoms with Gasteiger partial charge in [0.2, 0.25) is 0 Å². The molecular weight excluding hydrogens is 539 g/mol. The number of carboxylic acids is 1. The van der Waals surface area contributed by atoms with Crippen LogP contribution in [0.5, 0.6) is 0 Å². The first-order chi connectivity index (χ1) is 17.4. The molecular formula is C29H19Cl2FNNaO2S. The predicted molar refractivity (Wildman–Crippen MR) is 146 cm³/mol. The summed E-state index contributed by atoms with van der Waals surface area (Å²) in [5.41, 5.74) is 6.41. The van der Waals surface area contributed by atoms with Crippen LogP contribution in [0.3, 0.4) is 0 Å². The number of thioether (sulfide) groups is 1. The van der Waals surface area contributed by atoms with Gasteiger partial charge in [0.1, 0.15) is 5.82 Å². The summed E-state index contributed by atoms with van der Waals surface area (Å²) < 4.78 is 13.7. The quantitative estimate of drug-likeness (QED) is 0.332. The van der Waals surface area contributed by atoms with Gasteiger partial charge in [-0.15, -0.1) is 11.8 Å². The van der Waals surface area contributed by atoms with Crippen molar-refractivity contribution < 1.29 is 43.8 Å². The van der Waals surface area contributed by atoms with Gasteiger partial charge in [0, 0.05) is 16.4 Å². The molecule has 0 bridgehead atoms. The number of aliphatic carboxylic acids is 1. The van der Waals surface area contributed by atoms with Crippen LogP contribution in [0.25, 0.3) is 35.2 Å². The van der Waals surface area contributed by atoms with Crippen LogP contribution >= 0.6 is 35.0 Å². The molecule has 180 valence electrons. The van der Waals surface area contributed by atoms with Gasteiger partial charge in [-0.3, -0.25) is 0 Å². The Hall–Kier alpha value is -2.12. The van der Waals surface area contributed by atoms with Crippen LogP contribution in [0.4, 0.5) is 4.39 Å². The fraction of sp³-hybridized carbons (Fsp3) is 0.103. The van der Waals surface area contributed by atoms with Crippen LogP contribution in [0.1, 0.15) is 45.2 Å². The number of hydrogen-bond donors (Lipinski definition) is 0. The van der Waals surface area contributed by atoms with Gasteiger partial charge in [-0.05, 0) is 76.4 Å². The van der Waals surface area contributed by atoms with Gasteiger partial charge in [-0.1, -0.05) is 71.8 Å². The van der Waals surface area contributed by atoms with Crippen LogP contribution in [0, 0.1) is 5.82 Å². The zero-order valence-corrected chi connectivity index (χ0v) is 24.2. The van der Waals surface area contributed by atoms with Crippen molar-refractivity contribution >= 4 is 76.1 Å². The van der Waals surface area contributed by atoms with Crippen LogP contribution in [-0.4, -0.2) is 16.7 Å². The molecule has 37 heavy (non-hydrogen) atoms. The summed E-state index contributed by atoms with van der Waals surface area (Å²) in [7, 11) is 0. The Morgan fingerprint density at radius 3 is 2.65 bits per heavy atom. The average Bonchev–Trinajstić information content (AvgIpc) is 3.01. The summed E-state index contributed by atoms with van der Waals surface area (Å²) in [5.74, 6) is -1.12. The fourth-order valence-corrected chi connectivity index (χ4v) is 5.91. The van der Waals surface area contributed by atoms with Crippen LogP contribution < -0.4 is 34.7 Å². The smallest absolute Gasteiger partial charge is 0.550 e. The minimum atomic E-state index is -1.07. The molecule has 1 aromatic heterocycles. The van der Waals surface area contributed by atoms with E-state index in [4.69, 9.17) is 23.2 Å². The van der Waals surface area contributed by atoms with E-state index in [9.17, 15) is 14.3 Å². The van der Waals surface area contributed by atoms with E-state index in [1.807, 2.05) is 66.8 Å². The number of nitrogens with zero attached hydrogens (tertiary/aromatic N) is 1. The predicted octanol–water partition coefficient (Wildman–Crippen LogP) is 4.30. The first-order valence-electron chi connectivity index (χ1n) is 11.2. The maximum absolute atomic E-state index is 13.7. The van der Waals surface area contributed by atoms with Gasteiger partial charge in [-0.25, -0.2) is 9.37 Å². The van der Waals surface area contributed by atoms with Crippen LogP contribution in [-0.2, 0) is 4.79 Å². The first-order valence-corrected chi connectivity index (χ1v) is 13.1. The van der Waals surface area contributed by atoms with Crippen molar-refractivity contribution in [2.75, 3.05) is 5.75 Å².